The number of benzene rings is 2. The van der Waals surface area contributed by atoms with Gasteiger partial charge >= 0.3 is 0 Å². The zero-order valence-electron chi connectivity index (χ0n) is 17.6. The maximum atomic E-state index is 13.3. The number of carbonyl (C=O) groups is 1. The van der Waals surface area contributed by atoms with Gasteiger partial charge in [0, 0.05) is 17.8 Å². The summed E-state index contributed by atoms with van der Waals surface area (Å²) in [6.07, 6.45) is 7.75. The summed E-state index contributed by atoms with van der Waals surface area (Å²) in [4.78, 5) is 15.1. The fourth-order valence-corrected chi connectivity index (χ4v) is 3.95. The molecule has 29 heavy (non-hydrogen) atoms. The maximum absolute atomic E-state index is 13.3. The van der Waals surface area contributed by atoms with Gasteiger partial charge in [-0.2, -0.15) is 0 Å². The van der Waals surface area contributed by atoms with Crippen molar-refractivity contribution in [2.75, 3.05) is 18.5 Å². The van der Waals surface area contributed by atoms with Crippen LogP contribution in [0.2, 0.25) is 0 Å². The van der Waals surface area contributed by atoms with Crippen LogP contribution in [0.15, 0.2) is 61.2 Å². The first-order valence-corrected chi connectivity index (χ1v) is 10.6. The second-order valence-electron chi connectivity index (χ2n) is 7.71. The molecule has 3 rings (SSSR count). The molecule has 1 atom stereocenters. The molecule has 1 heterocycles. The molecule has 1 amide bonds. The molecule has 154 valence electrons. The third kappa shape index (κ3) is 4.47. The van der Waals surface area contributed by atoms with Crippen molar-refractivity contribution < 1.29 is 9.53 Å². The van der Waals surface area contributed by atoms with E-state index in [0.717, 1.165) is 23.4 Å². The molecule has 0 saturated heterocycles. The molecule has 4 nitrogen and oxygen atoms in total. The van der Waals surface area contributed by atoms with Gasteiger partial charge in [-0.3, -0.25) is 4.79 Å². The molecule has 4 heteroatoms. The molecule has 2 aromatic rings. The average molecular weight is 393 g/mol. The lowest BCUT2D eigenvalue weighted by Gasteiger charge is -2.46. The number of unbranched alkanes of at least 4 members (excludes halogenated alkanes) is 4. The van der Waals surface area contributed by atoms with Crippen molar-refractivity contribution in [3.05, 3.63) is 72.3 Å². The fraction of sp³-hybridized carbons (Fsp3) is 0.400. The van der Waals surface area contributed by atoms with Crippen LogP contribution in [-0.2, 0) is 5.66 Å². The number of hydrogen-bond donors (Lipinski definition) is 1. The van der Waals surface area contributed by atoms with Crippen LogP contribution in [0, 0.1) is 0 Å². The molecule has 0 saturated carbocycles. The minimum atomic E-state index is -0.724. The van der Waals surface area contributed by atoms with Crippen LogP contribution in [0.3, 0.4) is 0 Å². The van der Waals surface area contributed by atoms with Gasteiger partial charge in [-0.05, 0) is 31.5 Å². The Morgan fingerprint density at radius 1 is 1.07 bits per heavy atom. The van der Waals surface area contributed by atoms with Gasteiger partial charge in [0.15, 0.2) is 0 Å². The highest BCUT2D eigenvalue weighted by Crippen LogP contribution is 2.41. The minimum absolute atomic E-state index is 0.00359. The number of para-hydroxylation sites is 2. The summed E-state index contributed by atoms with van der Waals surface area (Å²) >= 11 is 0. The smallest absolute Gasteiger partial charge is 0.258 e. The highest BCUT2D eigenvalue weighted by atomic mass is 16.5. The third-order valence-electron chi connectivity index (χ3n) is 5.55. The molecule has 2 aromatic carbocycles. The van der Waals surface area contributed by atoms with Crippen molar-refractivity contribution in [2.45, 2.75) is 51.6 Å². The lowest BCUT2D eigenvalue weighted by molar-refractivity contribution is 0.0566. The van der Waals surface area contributed by atoms with Gasteiger partial charge in [-0.15, -0.1) is 6.58 Å². The Balaban J connectivity index is 1.87. The van der Waals surface area contributed by atoms with E-state index < -0.39 is 5.66 Å². The fourth-order valence-electron chi connectivity index (χ4n) is 3.95. The van der Waals surface area contributed by atoms with E-state index in [1.807, 2.05) is 60.4 Å². The molecule has 0 radical (unpaired) electrons. The molecule has 1 unspecified atom stereocenters. The number of nitrogens with one attached hydrogen (secondary N) is 1. The van der Waals surface area contributed by atoms with Gasteiger partial charge in [0.1, 0.15) is 11.4 Å². The lowest BCUT2D eigenvalue weighted by Crippen LogP contribution is -2.56. The topological polar surface area (TPSA) is 41.6 Å². The highest BCUT2D eigenvalue weighted by Gasteiger charge is 2.43. The normalized spacial score (nSPS) is 18.1. The SMILES string of the molecule is C=CCN1C(=O)c2ccccc2NC1(C)c1ccccc1OCCCCCCC. The van der Waals surface area contributed by atoms with Crippen molar-refractivity contribution in [1.82, 2.24) is 4.90 Å². The Kier molecular flexibility index (Phi) is 6.97. The number of fused-ring (bicyclic) bond motifs is 1. The summed E-state index contributed by atoms with van der Waals surface area (Å²) in [5.74, 6) is 0.815. The van der Waals surface area contributed by atoms with E-state index in [0.29, 0.717) is 18.7 Å². The van der Waals surface area contributed by atoms with Crippen molar-refractivity contribution in [3.8, 4) is 5.75 Å². The first-order chi connectivity index (χ1) is 14.1. The molecular weight excluding hydrogens is 360 g/mol. The Bertz CT molecular complexity index is 848. The Labute approximate surface area is 174 Å². The van der Waals surface area contributed by atoms with E-state index in [9.17, 15) is 4.79 Å². The molecule has 0 aromatic heterocycles. The molecular formula is C25H32N2O2. The summed E-state index contributed by atoms with van der Waals surface area (Å²) < 4.78 is 6.18. The number of hydrogen-bond acceptors (Lipinski definition) is 3. The predicted molar refractivity (Wildman–Crippen MR) is 119 cm³/mol. The van der Waals surface area contributed by atoms with E-state index in [1.165, 1.54) is 25.7 Å². The summed E-state index contributed by atoms with van der Waals surface area (Å²) in [7, 11) is 0. The van der Waals surface area contributed by atoms with Crippen LogP contribution >= 0.6 is 0 Å². The summed E-state index contributed by atoms with van der Waals surface area (Å²) in [6, 6.07) is 15.7. The minimum Gasteiger partial charge on any atom is -0.493 e. The Morgan fingerprint density at radius 3 is 2.59 bits per heavy atom. The van der Waals surface area contributed by atoms with Crippen molar-refractivity contribution in [2.24, 2.45) is 0 Å². The number of nitrogens with zero attached hydrogens (tertiary/aromatic N) is 1. The zero-order valence-corrected chi connectivity index (χ0v) is 17.6. The molecule has 1 aliphatic heterocycles. The Hall–Kier alpha value is -2.75. The second-order valence-corrected chi connectivity index (χ2v) is 7.71. The van der Waals surface area contributed by atoms with Crippen molar-refractivity contribution in [3.63, 3.8) is 0 Å². The van der Waals surface area contributed by atoms with E-state index in [4.69, 9.17) is 4.74 Å². The molecule has 0 fully saturated rings. The van der Waals surface area contributed by atoms with Gasteiger partial charge in [-0.25, -0.2) is 0 Å². The van der Waals surface area contributed by atoms with Crippen LogP contribution in [0.5, 0.6) is 5.75 Å². The number of anilines is 1. The standard InChI is InChI=1S/C25H32N2O2/c1-4-6-7-8-13-19-29-23-17-12-10-15-21(23)25(3)26-22-16-11-9-14-20(22)24(28)27(25)18-5-2/h5,9-12,14-17,26H,2,4,6-8,13,18-19H2,1,3H3. The van der Waals surface area contributed by atoms with Gasteiger partial charge in [0.05, 0.1) is 12.2 Å². The van der Waals surface area contributed by atoms with Crippen LogP contribution in [0.4, 0.5) is 5.69 Å². The third-order valence-corrected chi connectivity index (χ3v) is 5.55. The average Bonchev–Trinajstić information content (AvgIpc) is 2.74. The van der Waals surface area contributed by atoms with E-state index in [1.54, 1.807) is 6.08 Å². The lowest BCUT2D eigenvalue weighted by atomic mass is 9.92. The van der Waals surface area contributed by atoms with E-state index in [-0.39, 0.29) is 5.91 Å². The second kappa shape index (κ2) is 9.64. The van der Waals surface area contributed by atoms with Crippen LogP contribution < -0.4 is 10.1 Å². The van der Waals surface area contributed by atoms with Crippen LogP contribution in [0.1, 0.15) is 61.9 Å². The van der Waals surface area contributed by atoms with Gasteiger partial charge in [0.25, 0.3) is 5.91 Å². The van der Waals surface area contributed by atoms with Crippen LogP contribution in [0.25, 0.3) is 0 Å². The highest BCUT2D eigenvalue weighted by molar-refractivity contribution is 6.02. The largest absolute Gasteiger partial charge is 0.493 e. The monoisotopic (exact) mass is 392 g/mol. The molecule has 0 spiro atoms. The summed E-state index contributed by atoms with van der Waals surface area (Å²) in [5.41, 5.74) is 1.76. The first-order valence-electron chi connectivity index (χ1n) is 10.6. The van der Waals surface area contributed by atoms with Gasteiger partial charge in [0.2, 0.25) is 0 Å². The number of rotatable bonds is 10. The first kappa shape index (κ1) is 21.0. The summed E-state index contributed by atoms with van der Waals surface area (Å²) in [6.45, 7) is 9.25. The zero-order chi connectivity index (χ0) is 20.7. The molecule has 1 N–H and O–H groups in total. The summed E-state index contributed by atoms with van der Waals surface area (Å²) in [5, 5.41) is 3.59. The molecule has 0 bridgehead atoms. The van der Waals surface area contributed by atoms with Gasteiger partial charge < -0.3 is 15.0 Å². The van der Waals surface area contributed by atoms with Gasteiger partial charge in [-0.1, -0.05) is 69.0 Å². The van der Waals surface area contributed by atoms with E-state index >= 15 is 0 Å². The number of carbonyl (C=O) groups excluding carboxylic acids is 1. The number of ether oxygens (including phenoxy) is 1. The predicted octanol–water partition coefficient (Wildman–Crippen LogP) is 5.96. The van der Waals surface area contributed by atoms with E-state index in [2.05, 4.69) is 18.8 Å². The Morgan fingerprint density at radius 2 is 1.79 bits per heavy atom. The molecule has 1 aliphatic rings. The number of amides is 1. The molecule has 0 aliphatic carbocycles. The van der Waals surface area contributed by atoms with Crippen LogP contribution in [-0.4, -0.2) is 24.0 Å². The maximum Gasteiger partial charge on any atom is 0.258 e. The van der Waals surface area contributed by atoms with Crippen molar-refractivity contribution in [1.29, 1.82) is 0 Å². The van der Waals surface area contributed by atoms with Crippen molar-refractivity contribution >= 4 is 11.6 Å². The quantitative estimate of drug-likeness (QED) is 0.400.